The van der Waals surface area contributed by atoms with E-state index in [-0.39, 0.29) is 22.4 Å². The number of rotatable bonds is 2. The number of phenols is 1. The molecule has 1 aromatic carbocycles. The molecule has 0 unspecified atom stereocenters. The summed E-state index contributed by atoms with van der Waals surface area (Å²) >= 11 is 11.1. The SMILES string of the molecule is O=S1(=O)C[C@H](NC(=S)Nc2cccc(O)c2)[C@@H](Cl)C1. The molecule has 1 saturated heterocycles. The Morgan fingerprint density at radius 3 is 2.74 bits per heavy atom. The van der Waals surface area contributed by atoms with Crippen LogP contribution in [0.4, 0.5) is 5.69 Å². The lowest BCUT2D eigenvalue weighted by Crippen LogP contribution is -2.42. The maximum atomic E-state index is 11.4. The lowest BCUT2D eigenvalue weighted by Gasteiger charge is -2.17. The molecule has 0 spiro atoms. The second-order valence-electron chi connectivity index (χ2n) is 4.35. The van der Waals surface area contributed by atoms with Crippen molar-refractivity contribution in [3.8, 4) is 5.75 Å². The third-order valence-corrected chi connectivity index (χ3v) is 5.30. The van der Waals surface area contributed by atoms with Crippen LogP contribution in [0, 0.1) is 0 Å². The summed E-state index contributed by atoms with van der Waals surface area (Å²) in [6, 6.07) is 6.06. The first-order valence-electron chi connectivity index (χ1n) is 5.57. The van der Waals surface area contributed by atoms with E-state index in [2.05, 4.69) is 10.6 Å². The van der Waals surface area contributed by atoms with Crippen LogP contribution >= 0.6 is 23.8 Å². The summed E-state index contributed by atoms with van der Waals surface area (Å²) in [6.45, 7) is 0. The molecule has 104 valence electrons. The number of sulfone groups is 1. The minimum absolute atomic E-state index is 0.0248. The van der Waals surface area contributed by atoms with Gasteiger partial charge in [-0.05, 0) is 24.4 Å². The molecule has 5 nitrogen and oxygen atoms in total. The zero-order valence-electron chi connectivity index (χ0n) is 9.84. The Balaban J connectivity index is 1.95. The van der Waals surface area contributed by atoms with Crippen LogP contribution in [0.15, 0.2) is 24.3 Å². The highest BCUT2D eigenvalue weighted by molar-refractivity contribution is 7.91. The fraction of sp³-hybridized carbons (Fsp3) is 0.364. The van der Waals surface area contributed by atoms with Gasteiger partial charge in [-0.1, -0.05) is 6.07 Å². The normalized spacial score (nSPS) is 24.9. The quantitative estimate of drug-likeness (QED) is 0.559. The smallest absolute Gasteiger partial charge is 0.171 e. The molecule has 2 rings (SSSR count). The summed E-state index contributed by atoms with van der Waals surface area (Å²) in [7, 11) is -3.09. The van der Waals surface area contributed by atoms with Crippen molar-refractivity contribution < 1.29 is 13.5 Å². The van der Waals surface area contributed by atoms with Gasteiger partial charge in [0.05, 0.1) is 22.9 Å². The van der Waals surface area contributed by atoms with Crippen molar-refractivity contribution in [2.24, 2.45) is 0 Å². The first-order valence-corrected chi connectivity index (χ1v) is 8.23. The van der Waals surface area contributed by atoms with E-state index in [0.717, 1.165) is 0 Å². The Kier molecular flexibility index (Phi) is 4.17. The van der Waals surface area contributed by atoms with E-state index in [1.54, 1.807) is 18.2 Å². The van der Waals surface area contributed by atoms with Crippen molar-refractivity contribution in [1.29, 1.82) is 0 Å². The molecule has 0 aromatic heterocycles. The highest BCUT2D eigenvalue weighted by Gasteiger charge is 2.36. The Labute approximate surface area is 121 Å². The van der Waals surface area contributed by atoms with Gasteiger partial charge in [0.25, 0.3) is 0 Å². The van der Waals surface area contributed by atoms with Crippen LogP contribution in [-0.2, 0) is 9.84 Å². The molecule has 1 fully saturated rings. The highest BCUT2D eigenvalue weighted by Crippen LogP contribution is 2.19. The van der Waals surface area contributed by atoms with Crippen LogP contribution in [0.1, 0.15) is 0 Å². The number of aromatic hydroxyl groups is 1. The van der Waals surface area contributed by atoms with Gasteiger partial charge in [-0.2, -0.15) is 0 Å². The van der Waals surface area contributed by atoms with Crippen LogP contribution in [-0.4, -0.2) is 41.6 Å². The minimum atomic E-state index is -3.09. The maximum absolute atomic E-state index is 11.4. The molecule has 0 radical (unpaired) electrons. The van der Waals surface area contributed by atoms with E-state index in [9.17, 15) is 13.5 Å². The number of anilines is 1. The van der Waals surface area contributed by atoms with Gasteiger partial charge in [-0.3, -0.25) is 0 Å². The maximum Gasteiger partial charge on any atom is 0.171 e. The summed E-state index contributed by atoms with van der Waals surface area (Å²) in [5.74, 6) is 0.0516. The van der Waals surface area contributed by atoms with Crippen molar-refractivity contribution in [2.75, 3.05) is 16.8 Å². The molecule has 0 bridgehead atoms. The lowest BCUT2D eigenvalue weighted by molar-refractivity contribution is 0.475. The van der Waals surface area contributed by atoms with Gasteiger partial charge in [0, 0.05) is 11.8 Å². The zero-order chi connectivity index (χ0) is 14.0. The number of halogens is 1. The van der Waals surface area contributed by atoms with E-state index in [1.165, 1.54) is 6.07 Å². The van der Waals surface area contributed by atoms with Gasteiger partial charge in [-0.15, -0.1) is 11.6 Å². The summed E-state index contributed by atoms with van der Waals surface area (Å²) in [6.07, 6.45) is 0. The highest BCUT2D eigenvalue weighted by atomic mass is 35.5. The second kappa shape index (κ2) is 5.52. The van der Waals surface area contributed by atoms with Gasteiger partial charge in [-0.25, -0.2) is 8.42 Å². The Morgan fingerprint density at radius 1 is 1.42 bits per heavy atom. The summed E-state index contributed by atoms with van der Waals surface area (Å²) in [5.41, 5.74) is 0.615. The Bertz CT molecular complexity index is 591. The molecule has 8 heteroatoms. The molecule has 0 aliphatic carbocycles. The topological polar surface area (TPSA) is 78.4 Å². The predicted octanol–water partition coefficient (Wildman–Crippen LogP) is 1.08. The number of hydrogen-bond donors (Lipinski definition) is 3. The fourth-order valence-corrected chi connectivity index (χ4v) is 4.68. The molecule has 0 amide bonds. The Hall–Kier alpha value is -1.05. The molecule has 1 aromatic rings. The minimum Gasteiger partial charge on any atom is -0.508 e. The van der Waals surface area contributed by atoms with Crippen LogP contribution < -0.4 is 10.6 Å². The van der Waals surface area contributed by atoms with Crippen molar-refractivity contribution in [3.05, 3.63) is 24.3 Å². The third kappa shape index (κ3) is 3.95. The van der Waals surface area contributed by atoms with Gasteiger partial charge in [0.15, 0.2) is 14.9 Å². The van der Waals surface area contributed by atoms with Crippen LogP contribution in [0.2, 0.25) is 0 Å². The van der Waals surface area contributed by atoms with Gasteiger partial charge in [0.2, 0.25) is 0 Å². The Morgan fingerprint density at radius 2 is 2.16 bits per heavy atom. The first kappa shape index (κ1) is 14.4. The number of thiocarbonyl (C=S) groups is 1. The molecule has 0 saturated carbocycles. The average molecular weight is 321 g/mol. The van der Waals surface area contributed by atoms with Gasteiger partial charge >= 0.3 is 0 Å². The van der Waals surface area contributed by atoms with E-state index in [1.807, 2.05) is 0 Å². The van der Waals surface area contributed by atoms with Crippen LogP contribution in [0.3, 0.4) is 0 Å². The molecule has 1 aliphatic heterocycles. The number of nitrogens with one attached hydrogen (secondary N) is 2. The van der Waals surface area contributed by atoms with Crippen LogP contribution in [0.5, 0.6) is 5.75 Å². The number of phenolic OH excluding ortho intramolecular Hbond substituents is 1. The largest absolute Gasteiger partial charge is 0.508 e. The van der Waals surface area contributed by atoms with E-state index in [0.29, 0.717) is 5.69 Å². The predicted molar refractivity (Wildman–Crippen MR) is 79.5 cm³/mol. The number of hydrogen-bond acceptors (Lipinski definition) is 4. The lowest BCUT2D eigenvalue weighted by atomic mass is 10.2. The molecule has 3 N–H and O–H groups in total. The standard InChI is InChI=1S/C11H13ClN2O3S2/c12-9-5-19(16,17)6-10(9)14-11(18)13-7-2-1-3-8(15)4-7/h1-4,9-10,15H,5-6H2,(H2,13,14,18)/t9-,10-/m0/s1. The summed E-state index contributed by atoms with van der Waals surface area (Å²) < 4.78 is 22.8. The van der Waals surface area contributed by atoms with E-state index < -0.39 is 21.3 Å². The average Bonchev–Trinajstić information content (AvgIpc) is 2.51. The molecular formula is C11H13ClN2O3S2. The number of benzene rings is 1. The van der Waals surface area contributed by atoms with Gasteiger partial charge < -0.3 is 15.7 Å². The van der Waals surface area contributed by atoms with E-state index >= 15 is 0 Å². The van der Waals surface area contributed by atoms with Crippen molar-refractivity contribution in [3.63, 3.8) is 0 Å². The molecule has 1 aliphatic rings. The number of alkyl halides is 1. The van der Waals surface area contributed by atoms with Crippen molar-refractivity contribution >= 4 is 44.5 Å². The monoisotopic (exact) mass is 320 g/mol. The van der Waals surface area contributed by atoms with Crippen molar-refractivity contribution in [1.82, 2.24) is 5.32 Å². The second-order valence-corrected chi connectivity index (χ2v) is 7.47. The van der Waals surface area contributed by atoms with Crippen molar-refractivity contribution in [2.45, 2.75) is 11.4 Å². The molecule has 19 heavy (non-hydrogen) atoms. The molecular weight excluding hydrogens is 308 g/mol. The molecule has 2 atom stereocenters. The fourth-order valence-electron chi connectivity index (χ4n) is 1.86. The third-order valence-electron chi connectivity index (χ3n) is 2.70. The summed E-state index contributed by atoms with van der Waals surface area (Å²) in [5, 5.41) is 14.8. The first-order chi connectivity index (χ1) is 8.85. The van der Waals surface area contributed by atoms with Crippen LogP contribution in [0.25, 0.3) is 0 Å². The summed E-state index contributed by atoms with van der Waals surface area (Å²) in [4.78, 5) is 0. The van der Waals surface area contributed by atoms with E-state index in [4.69, 9.17) is 23.8 Å². The molecule has 1 heterocycles. The zero-order valence-corrected chi connectivity index (χ0v) is 12.2. The van der Waals surface area contributed by atoms with Gasteiger partial charge in [0.1, 0.15) is 5.75 Å².